The highest BCUT2D eigenvalue weighted by Gasteiger charge is 2.39. The SMILES string of the molecule is O=C(Nc1ccc(F)cc1)[C@@H]1CCCN1S(=O)(=O)c1ccccc1. The van der Waals surface area contributed by atoms with Crippen molar-refractivity contribution < 1.29 is 17.6 Å². The Hall–Kier alpha value is -2.25. The third-order valence-corrected chi connectivity index (χ3v) is 5.89. The van der Waals surface area contributed by atoms with E-state index in [-0.39, 0.29) is 4.90 Å². The van der Waals surface area contributed by atoms with E-state index in [0.717, 1.165) is 0 Å². The lowest BCUT2D eigenvalue weighted by Crippen LogP contribution is -2.43. The molecule has 0 bridgehead atoms. The summed E-state index contributed by atoms with van der Waals surface area (Å²) in [4.78, 5) is 12.6. The second-order valence-electron chi connectivity index (χ2n) is 5.58. The monoisotopic (exact) mass is 348 g/mol. The summed E-state index contributed by atoms with van der Waals surface area (Å²) in [5.74, 6) is -0.805. The summed E-state index contributed by atoms with van der Waals surface area (Å²) >= 11 is 0. The Balaban J connectivity index is 1.80. The predicted molar refractivity (Wildman–Crippen MR) is 88.4 cm³/mol. The number of halogens is 1. The van der Waals surface area contributed by atoms with E-state index in [1.807, 2.05) is 0 Å². The van der Waals surface area contributed by atoms with Crippen LogP contribution in [0.2, 0.25) is 0 Å². The van der Waals surface area contributed by atoms with Crippen molar-refractivity contribution >= 4 is 21.6 Å². The van der Waals surface area contributed by atoms with Gasteiger partial charge in [-0.2, -0.15) is 4.31 Å². The molecule has 1 amide bonds. The number of carbonyl (C=O) groups is 1. The number of rotatable bonds is 4. The zero-order chi connectivity index (χ0) is 17.2. The number of carbonyl (C=O) groups excluding carboxylic acids is 1. The van der Waals surface area contributed by atoms with E-state index in [9.17, 15) is 17.6 Å². The van der Waals surface area contributed by atoms with Gasteiger partial charge in [0.15, 0.2) is 0 Å². The van der Waals surface area contributed by atoms with Gasteiger partial charge in [-0.3, -0.25) is 4.79 Å². The van der Waals surface area contributed by atoms with Crippen molar-refractivity contribution in [2.45, 2.75) is 23.8 Å². The summed E-state index contributed by atoms with van der Waals surface area (Å²) in [7, 11) is -3.72. The van der Waals surface area contributed by atoms with Crippen LogP contribution in [0.25, 0.3) is 0 Å². The van der Waals surface area contributed by atoms with Crippen LogP contribution in [0.3, 0.4) is 0 Å². The van der Waals surface area contributed by atoms with Gasteiger partial charge in [0, 0.05) is 12.2 Å². The van der Waals surface area contributed by atoms with Crippen molar-refractivity contribution in [3.05, 3.63) is 60.4 Å². The van der Waals surface area contributed by atoms with Crippen LogP contribution >= 0.6 is 0 Å². The number of amides is 1. The van der Waals surface area contributed by atoms with Crippen LogP contribution in [0.4, 0.5) is 10.1 Å². The van der Waals surface area contributed by atoms with Gasteiger partial charge in [-0.25, -0.2) is 12.8 Å². The lowest BCUT2D eigenvalue weighted by Gasteiger charge is -2.23. The van der Waals surface area contributed by atoms with Crippen LogP contribution in [-0.2, 0) is 14.8 Å². The third-order valence-electron chi connectivity index (χ3n) is 3.97. The molecule has 1 fully saturated rings. The summed E-state index contributed by atoms with van der Waals surface area (Å²) < 4.78 is 39.7. The van der Waals surface area contributed by atoms with Crippen molar-refractivity contribution in [3.8, 4) is 0 Å². The second-order valence-corrected chi connectivity index (χ2v) is 7.47. The molecule has 1 saturated heterocycles. The normalized spacial score (nSPS) is 18.5. The minimum atomic E-state index is -3.72. The quantitative estimate of drug-likeness (QED) is 0.924. The number of nitrogens with one attached hydrogen (secondary N) is 1. The minimum absolute atomic E-state index is 0.173. The van der Waals surface area contributed by atoms with Gasteiger partial charge in [-0.05, 0) is 49.2 Å². The third kappa shape index (κ3) is 3.32. The van der Waals surface area contributed by atoms with Crippen LogP contribution in [-0.4, -0.2) is 31.2 Å². The molecule has 1 N–H and O–H groups in total. The average Bonchev–Trinajstić information content (AvgIpc) is 3.08. The Kier molecular flexibility index (Phi) is 4.64. The summed E-state index contributed by atoms with van der Waals surface area (Å²) in [6.45, 7) is 0.304. The maximum Gasteiger partial charge on any atom is 0.243 e. The molecular formula is C17H17FN2O3S. The van der Waals surface area contributed by atoms with Gasteiger partial charge in [0.2, 0.25) is 15.9 Å². The molecule has 1 aliphatic heterocycles. The Morgan fingerprint density at radius 2 is 1.75 bits per heavy atom. The largest absolute Gasteiger partial charge is 0.325 e. The molecule has 3 rings (SSSR count). The smallest absolute Gasteiger partial charge is 0.243 e. The molecular weight excluding hydrogens is 331 g/mol. The fraction of sp³-hybridized carbons (Fsp3) is 0.235. The molecule has 2 aromatic carbocycles. The highest BCUT2D eigenvalue weighted by molar-refractivity contribution is 7.89. The average molecular weight is 348 g/mol. The Bertz CT molecular complexity index is 823. The molecule has 1 atom stereocenters. The molecule has 0 aliphatic carbocycles. The lowest BCUT2D eigenvalue weighted by molar-refractivity contribution is -0.119. The summed E-state index contributed by atoms with van der Waals surface area (Å²) in [5.41, 5.74) is 0.436. The summed E-state index contributed by atoms with van der Waals surface area (Å²) in [6.07, 6.45) is 1.08. The summed E-state index contributed by atoms with van der Waals surface area (Å²) in [6, 6.07) is 12.7. The van der Waals surface area contributed by atoms with Gasteiger partial charge in [-0.1, -0.05) is 18.2 Å². The highest BCUT2D eigenvalue weighted by atomic mass is 32.2. The van der Waals surface area contributed by atoms with E-state index < -0.39 is 27.8 Å². The van der Waals surface area contributed by atoms with E-state index in [1.54, 1.807) is 18.2 Å². The highest BCUT2D eigenvalue weighted by Crippen LogP contribution is 2.27. The minimum Gasteiger partial charge on any atom is -0.325 e. The van der Waals surface area contributed by atoms with E-state index in [4.69, 9.17) is 0 Å². The van der Waals surface area contributed by atoms with Crippen LogP contribution in [0.1, 0.15) is 12.8 Å². The Morgan fingerprint density at radius 1 is 1.08 bits per heavy atom. The van der Waals surface area contributed by atoms with E-state index >= 15 is 0 Å². The van der Waals surface area contributed by atoms with Crippen molar-refractivity contribution in [1.82, 2.24) is 4.31 Å². The first-order chi connectivity index (χ1) is 11.5. The van der Waals surface area contributed by atoms with E-state index in [0.29, 0.717) is 25.1 Å². The molecule has 0 radical (unpaired) electrons. The van der Waals surface area contributed by atoms with Crippen molar-refractivity contribution in [2.75, 3.05) is 11.9 Å². The molecule has 1 aliphatic rings. The maximum atomic E-state index is 12.9. The standard InChI is InChI=1S/C17H17FN2O3S/c18-13-8-10-14(11-9-13)19-17(21)16-7-4-12-20(16)24(22,23)15-5-2-1-3-6-15/h1-3,5-6,8-11,16H,4,7,12H2,(H,19,21)/t16-/m0/s1. The fourth-order valence-electron chi connectivity index (χ4n) is 2.78. The molecule has 0 aromatic heterocycles. The van der Waals surface area contributed by atoms with Crippen LogP contribution in [0.5, 0.6) is 0 Å². The first-order valence-electron chi connectivity index (χ1n) is 7.62. The van der Waals surface area contributed by atoms with E-state index in [1.165, 1.54) is 40.7 Å². The van der Waals surface area contributed by atoms with Gasteiger partial charge in [-0.15, -0.1) is 0 Å². The zero-order valence-corrected chi connectivity index (χ0v) is 13.7. The van der Waals surface area contributed by atoms with Gasteiger partial charge < -0.3 is 5.32 Å². The zero-order valence-electron chi connectivity index (χ0n) is 12.9. The molecule has 0 saturated carbocycles. The molecule has 7 heteroatoms. The van der Waals surface area contributed by atoms with Crippen molar-refractivity contribution in [1.29, 1.82) is 0 Å². The van der Waals surface area contributed by atoms with Crippen molar-refractivity contribution in [3.63, 3.8) is 0 Å². The number of sulfonamides is 1. The van der Waals surface area contributed by atoms with Crippen LogP contribution in [0, 0.1) is 5.82 Å². The van der Waals surface area contributed by atoms with Crippen LogP contribution in [0.15, 0.2) is 59.5 Å². The molecule has 1 heterocycles. The molecule has 2 aromatic rings. The van der Waals surface area contributed by atoms with E-state index in [2.05, 4.69) is 5.32 Å². The Labute approximate surface area is 140 Å². The second kappa shape index (κ2) is 6.70. The van der Waals surface area contributed by atoms with Gasteiger partial charge >= 0.3 is 0 Å². The molecule has 0 spiro atoms. The fourth-order valence-corrected chi connectivity index (χ4v) is 4.45. The topological polar surface area (TPSA) is 66.5 Å². The van der Waals surface area contributed by atoms with Gasteiger partial charge in [0.05, 0.1) is 4.90 Å². The van der Waals surface area contributed by atoms with Gasteiger partial charge in [0.1, 0.15) is 11.9 Å². The number of benzene rings is 2. The molecule has 126 valence electrons. The Morgan fingerprint density at radius 3 is 2.42 bits per heavy atom. The van der Waals surface area contributed by atoms with Gasteiger partial charge in [0.25, 0.3) is 0 Å². The predicted octanol–water partition coefficient (Wildman–Crippen LogP) is 2.62. The maximum absolute atomic E-state index is 12.9. The number of nitrogens with zero attached hydrogens (tertiary/aromatic N) is 1. The number of hydrogen-bond donors (Lipinski definition) is 1. The summed E-state index contributed by atoms with van der Waals surface area (Å²) in [5, 5.41) is 2.65. The number of hydrogen-bond acceptors (Lipinski definition) is 3. The molecule has 24 heavy (non-hydrogen) atoms. The first kappa shape index (κ1) is 16.6. The van der Waals surface area contributed by atoms with Crippen molar-refractivity contribution in [2.24, 2.45) is 0 Å². The molecule has 0 unspecified atom stereocenters. The lowest BCUT2D eigenvalue weighted by atomic mass is 10.2. The number of anilines is 1. The molecule has 5 nitrogen and oxygen atoms in total. The van der Waals surface area contributed by atoms with Crippen LogP contribution < -0.4 is 5.32 Å². The first-order valence-corrected chi connectivity index (χ1v) is 9.06.